The molecule has 0 radical (unpaired) electrons. The average molecular weight is 225 g/mol. The Bertz CT molecular complexity index is 486. The normalized spacial score (nSPS) is 10.3. The molecule has 2 aromatic rings. The smallest absolute Gasteiger partial charge is 0.0399 e. The Kier molecular flexibility index (Phi) is 3.48. The average Bonchev–Trinajstić information content (AvgIpc) is 2.33. The Labute approximate surface area is 104 Å². The molecule has 0 atom stereocenters. The van der Waals surface area contributed by atoms with Gasteiger partial charge in [0.15, 0.2) is 0 Å². The van der Waals surface area contributed by atoms with E-state index in [2.05, 4.69) is 74.4 Å². The van der Waals surface area contributed by atoms with Gasteiger partial charge >= 0.3 is 0 Å². The van der Waals surface area contributed by atoms with E-state index in [1.165, 1.54) is 22.4 Å². The molecular weight excluding hydrogens is 206 g/mol. The predicted octanol–water partition coefficient (Wildman–Crippen LogP) is 3.65. The van der Waals surface area contributed by atoms with Crippen LogP contribution >= 0.6 is 0 Å². The van der Waals surface area contributed by atoms with Crippen molar-refractivity contribution in [2.75, 3.05) is 19.0 Å². The minimum Gasteiger partial charge on any atom is -0.377 e. The summed E-state index contributed by atoms with van der Waals surface area (Å²) in [6.45, 7) is 2.19. The zero-order chi connectivity index (χ0) is 12.3. The SMILES string of the molecule is Cc1cccc(N(C)C)c1Cc1ccccc1. The molecule has 0 amide bonds. The summed E-state index contributed by atoms with van der Waals surface area (Å²) in [7, 11) is 4.20. The maximum Gasteiger partial charge on any atom is 0.0399 e. The van der Waals surface area contributed by atoms with Crippen molar-refractivity contribution in [3.05, 3.63) is 65.2 Å². The molecule has 0 N–H and O–H groups in total. The van der Waals surface area contributed by atoms with Crippen molar-refractivity contribution in [1.82, 2.24) is 0 Å². The van der Waals surface area contributed by atoms with Gasteiger partial charge in [-0.1, -0.05) is 42.5 Å². The number of rotatable bonds is 3. The van der Waals surface area contributed by atoms with Gasteiger partial charge in [0.2, 0.25) is 0 Å². The van der Waals surface area contributed by atoms with Gasteiger partial charge in [-0.05, 0) is 36.1 Å². The molecule has 1 nitrogen and oxygen atoms in total. The van der Waals surface area contributed by atoms with Crippen LogP contribution in [-0.2, 0) is 6.42 Å². The van der Waals surface area contributed by atoms with Gasteiger partial charge < -0.3 is 4.90 Å². The fourth-order valence-corrected chi connectivity index (χ4v) is 2.14. The quantitative estimate of drug-likeness (QED) is 0.770. The van der Waals surface area contributed by atoms with E-state index >= 15 is 0 Å². The third-order valence-electron chi connectivity index (χ3n) is 3.09. The second kappa shape index (κ2) is 5.05. The first-order valence-corrected chi connectivity index (χ1v) is 5.98. The topological polar surface area (TPSA) is 3.24 Å². The minimum atomic E-state index is 1.00. The van der Waals surface area contributed by atoms with Crippen molar-refractivity contribution < 1.29 is 0 Å². The Balaban J connectivity index is 2.38. The molecule has 0 fully saturated rings. The molecule has 1 heteroatoms. The molecule has 2 rings (SSSR count). The summed E-state index contributed by atoms with van der Waals surface area (Å²) in [5.41, 5.74) is 5.46. The van der Waals surface area contributed by atoms with Gasteiger partial charge in [0, 0.05) is 19.8 Å². The molecule has 0 saturated carbocycles. The lowest BCUT2D eigenvalue weighted by Crippen LogP contribution is -2.12. The maximum absolute atomic E-state index is 2.19. The van der Waals surface area contributed by atoms with Gasteiger partial charge in [-0.2, -0.15) is 0 Å². The fraction of sp³-hybridized carbons (Fsp3) is 0.250. The fourth-order valence-electron chi connectivity index (χ4n) is 2.14. The highest BCUT2D eigenvalue weighted by molar-refractivity contribution is 5.57. The molecule has 0 aliphatic carbocycles. The molecule has 2 aromatic carbocycles. The predicted molar refractivity (Wildman–Crippen MR) is 74.8 cm³/mol. The first-order chi connectivity index (χ1) is 8.18. The van der Waals surface area contributed by atoms with Crippen LogP contribution in [0.15, 0.2) is 48.5 Å². The third kappa shape index (κ3) is 2.68. The van der Waals surface area contributed by atoms with Crippen molar-refractivity contribution >= 4 is 5.69 Å². The third-order valence-corrected chi connectivity index (χ3v) is 3.09. The van der Waals surface area contributed by atoms with E-state index < -0.39 is 0 Å². The largest absolute Gasteiger partial charge is 0.377 e. The zero-order valence-electron chi connectivity index (χ0n) is 10.8. The number of benzene rings is 2. The summed E-state index contributed by atoms with van der Waals surface area (Å²) in [5, 5.41) is 0. The van der Waals surface area contributed by atoms with Crippen LogP contribution in [0.1, 0.15) is 16.7 Å². The Hall–Kier alpha value is -1.76. The van der Waals surface area contributed by atoms with Gasteiger partial charge in [-0.25, -0.2) is 0 Å². The summed E-state index contributed by atoms with van der Waals surface area (Å²) in [4.78, 5) is 2.19. The number of hydrogen-bond donors (Lipinski definition) is 0. The van der Waals surface area contributed by atoms with Crippen molar-refractivity contribution in [1.29, 1.82) is 0 Å². The van der Waals surface area contributed by atoms with Gasteiger partial charge in [-0.3, -0.25) is 0 Å². The monoisotopic (exact) mass is 225 g/mol. The number of nitrogens with zero attached hydrogens (tertiary/aromatic N) is 1. The van der Waals surface area contributed by atoms with Crippen molar-refractivity contribution in [3.63, 3.8) is 0 Å². The van der Waals surface area contributed by atoms with Gasteiger partial charge in [0.1, 0.15) is 0 Å². The van der Waals surface area contributed by atoms with Crippen molar-refractivity contribution in [2.45, 2.75) is 13.3 Å². The molecule has 88 valence electrons. The van der Waals surface area contributed by atoms with Crippen LogP contribution in [0.3, 0.4) is 0 Å². The van der Waals surface area contributed by atoms with E-state index in [1.807, 2.05) is 0 Å². The van der Waals surface area contributed by atoms with Crippen LogP contribution in [0.2, 0.25) is 0 Å². The van der Waals surface area contributed by atoms with E-state index in [0.29, 0.717) is 0 Å². The van der Waals surface area contributed by atoms with E-state index in [4.69, 9.17) is 0 Å². The number of anilines is 1. The summed E-state index contributed by atoms with van der Waals surface area (Å²) in [6, 6.07) is 17.1. The van der Waals surface area contributed by atoms with Crippen LogP contribution in [0, 0.1) is 6.92 Å². The Morgan fingerprint density at radius 1 is 0.882 bits per heavy atom. The highest BCUT2D eigenvalue weighted by atomic mass is 15.1. The van der Waals surface area contributed by atoms with Crippen molar-refractivity contribution in [2.24, 2.45) is 0 Å². The van der Waals surface area contributed by atoms with Crippen molar-refractivity contribution in [3.8, 4) is 0 Å². The summed E-state index contributed by atoms with van der Waals surface area (Å²) >= 11 is 0. The van der Waals surface area contributed by atoms with Crippen LogP contribution in [0.25, 0.3) is 0 Å². The molecule has 0 aromatic heterocycles. The molecule has 0 aliphatic rings. The Morgan fingerprint density at radius 3 is 2.24 bits per heavy atom. The van der Waals surface area contributed by atoms with E-state index in [0.717, 1.165) is 6.42 Å². The zero-order valence-corrected chi connectivity index (χ0v) is 10.8. The first-order valence-electron chi connectivity index (χ1n) is 5.98. The molecular formula is C16H19N. The molecule has 0 aliphatic heterocycles. The molecule has 0 bridgehead atoms. The second-order valence-electron chi connectivity index (χ2n) is 4.63. The molecule has 0 spiro atoms. The summed E-state index contributed by atoms with van der Waals surface area (Å²) in [6.07, 6.45) is 1.00. The van der Waals surface area contributed by atoms with E-state index in [9.17, 15) is 0 Å². The molecule has 0 unspecified atom stereocenters. The van der Waals surface area contributed by atoms with Gasteiger partial charge in [0.05, 0.1) is 0 Å². The van der Waals surface area contributed by atoms with Crippen LogP contribution in [0.5, 0.6) is 0 Å². The number of aryl methyl sites for hydroxylation is 1. The highest BCUT2D eigenvalue weighted by Crippen LogP contribution is 2.24. The first kappa shape index (κ1) is 11.7. The lowest BCUT2D eigenvalue weighted by Gasteiger charge is -2.19. The molecule has 0 heterocycles. The molecule has 17 heavy (non-hydrogen) atoms. The van der Waals surface area contributed by atoms with E-state index in [-0.39, 0.29) is 0 Å². The van der Waals surface area contributed by atoms with Gasteiger partial charge in [-0.15, -0.1) is 0 Å². The second-order valence-corrected chi connectivity index (χ2v) is 4.63. The standard InChI is InChI=1S/C16H19N/c1-13-8-7-11-16(17(2)3)15(13)12-14-9-5-4-6-10-14/h4-11H,12H2,1-3H3. The van der Waals surface area contributed by atoms with Crippen LogP contribution in [0.4, 0.5) is 5.69 Å². The lowest BCUT2D eigenvalue weighted by molar-refractivity contribution is 1.07. The Morgan fingerprint density at radius 2 is 1.59 bits per heavy atom. The molecule has 0 saturated heterocycles. The minimum absolute atomic E-state index is 1.00. The highest BCUT2D eigenvalue weighted by Gasteiger charge is 2.07. The van der Waals surface area contributed by atoms with Crippen LogP contribution < -0.4 is 4.90 Å². The van der Waals surface area contributed by atoms with Crippen LogP contribution in [-0.4, -0.2) is 14.1 Å². The lowest BCUT2D eigenvalue weighted by atomic mass is 9.98. The number of hydrogen-bond acceptors (Lipinski definition) is 1. The van der Waals surface area contributed by atoms with Gasteiger partial charge in [0.25, 0.3) is 0 Å². The van der Waals surface area contributed by atoms with E-state index in [1.54, 1.807) is 0 Å². The summed E-state index contributed by atoms with van der Waals surface area (Å²) in [5.74, 6) is 0. The maximum atomic E-state index is 2.19. The summed E-state index contributed by atoms with van der Waals surface area (Å²) < 4.78 is 0.